The van der Waals surface area contributed by atoms with Crippen molar-refractivity contribution in [1.29, 1.82) is 0 Å². The van der Waals surface area contributed by atoms with Crippen LogP contribution < -0.4 is 10.9 Å². The van der Waals surface area contributed by atoms with Crippen molar-refractivity contribution >= 4 is 16.9 Å². The zero-order valence-corrected chi connectivity index (χ0v) is 11.9. The fourth-order valence-corrected chi connectivity index (χ4v) is 2.28. The Morgan fingerprint density at radius 2 is 1.73 bits per heavy atom. The summed E-state index contributed by atoms with van der Waals surface area (Å²) in [6.45, 7) is 0.467. The van der Waals surface area contributed by atoms with Gasteiger partial charge in [-0.1, -0.05) is 48.5 Å². The maximum Gasteiger partial charge on any atom is 0.349 e. The molecule has 3 rings (SSSR count). The van der Waals surface area contributed by atoms with Gasteiger partial charge < -0.3 is 9.73 Å². The number of hydrogen-bond donors (Lipinski definition) is 1. The molecular weight excluding hydrogens is 278 g/mol. The molecule has 0 fully saturated rings. The summed E-state index contributed by atoms with van der Waals surface area (Å²) in [7, 11) is 0. The van der Waals surface area contributed by atoms with Gasteiger partial charge in [0.15, 0.2) is 0 Å². The van der Waals surface area contributed by atoms with E-state index in [-0.39, 0.29) is 5.56 Å². The van der Waals surface area contributed by atoms with Crippen LogP contribution in [-0.4, -0.2) is 12.5 Å². The molecular formula is C18H15NO3. The molecule has 2 aromatic carbocycles. The van der Waals surface area contributed by atoms with Crippen LogP contribution in [-0.2, 0) is 6.42 Å². The highest BCUT2D eigenvalue weighted by molar-refractivity contribution is 5.96. The third-order valence-electron chi connectivity index (χ3n) is 3.43. The van der Waals surface area contributed by atoms with Gasteiger partial charge in [0.05, 0.1) is 0 Å². The first kappa shape index (κ1) is 14.1. The standard InChI is InChI=1S/C18H15NO3/c20-17(19-11-10-13-6-2-1-3-7-13)15-12-14-8-4-5-9-16(14)22-18(15)21/h1-9,12H,10-11H2,(H,19,20). The number of para-hydroxylation sites is 1. The van der Waals surface area contributed by atoms with E-state index >= 15 is 0 Å². The van der Waals surface area contributed by atoms with Crippen molar-refractivity contribution in [2.45, 2.75) is 6.42 Å². The highest BCUT2D eigenvalue weighted by Gasteiger charge is 2.12. The summed E-state index contributed by atoms with van der Waals surface area (Å²) in [6, 6.07) is 18.5. The lowest BCUT2D eigenvalue weighted by atomic mass is 10.1. The van der Waals surface area contributed by atoms with Gasteiger partial charge >= 0.3 is 5.63 Å². The van der Waals surface area contributed by atoms with Gasteiger partial charge in [0, 0.05) is 11.9 Å². The highest BCUT2D eigenvalue weighted by atomic mass is 16.4. The minimum absolute atomic E-state index is 0.0340. The van der Waals surface area contributed by atoms with Crippen LogP contribution in [0.15, 0.2) is 69.9 Å². The maximum absolute atomic E-state index is 12.1. The van der Waals surface area contributed by atoms with Crippen molar-refractivity contribution in [2.75, 3.05) is 6.54 Å². The van der Waals surface area contributed by atoms with E-state index in [0.717, 1.165) is 10.9 Å². The van der Waals surface area contributed by atoms with Crippen molar-refractivity contribution in [3.8, 4) is 0 Å². The first-order valence-corrected chi connectivity index (χ1v) is 7.09. The lowest BCUT2D eigenvalue weighted by molar-refractivity contribution is 0.0950. The SMILES string of the molecule is O=C(NCCc1ccccc1)c1cc2ccccc2oc1=O. The van der Waals surface area contributed by atoms with E-state index in [4.69, 9.17) is 4.42 Å². The Bertz CT molecular complexity index is 853. The molecule has 1 aromatic heterocycles. The normalized spacial score (nSPS) is 10.5. The molecule has 1 heterocycles. The Labute approximate surface area is 127 Å². The number of nitrogens with one attached hydrogen (secondary N) is 1. The fourth-order valence-electron chi connectivity index (χ4n) is 2.28. The summed E-state index contributed by atoms with van der Waals surface area (Å²) in [6.07, 6.45) is 0.714. The summed E-state index contributed by atoms with van der Waals surface area (Å²) >= 11 is 0. The summed E-state index contributed by atoms with van der Waals surface area (Å²) in [4.78, 5) is 24.0. The first-order chi connectivity index (χ1) is 10.7. The number of carbonyl (C=O) groups is 1. The second-order valence-electron chi connectivity index (χ2n) is 4.98. The lowest BCUT2D eigenvalue weighted by Gasteiger charge is -2.05. The Balaban J connectivity index is 1.72. The second kappa shape index (κ2) is 6.26. The summed E-state index contributed by atoms with van der Waals surface area (Å²) in [5, 5.41) is 3.49. The summed E-state index contributed by atoms with van der Waals surface area (Å²) in [5.74, 6) is -0.407. The van der Waals surface area contributed by atoms with Crippen LogP contribution >= 0.6 is 0 Å². The van der Waals surface area contributed by atoms with Crippen molar-refractivity contribution in [1.82, 2.24) is 5.32 Å². The van der Waals surface area contributed by atoms with Crippen LogP contribution in [0, 0.1) is 0 Å². The Hall–Kier alpha value is -2.88. The Kier molecular flexibility index (Phi) is 4.01. The second-order valence-corrected chi connectivity index (χ2v) is 4.98. The third kappa shape index (κ3) is 3.06. The summed E-state index contributed by atoms with van der Waals surface area (Å²) < 4.78 is 5.16. The van der Waals surface area contributed by atoms with E-state index in [9.17, 15) is 9.59 Å². The lowest BCUT2D eigenvalue weighted by Crippen LogP contribution is -2.29. The monoisotopic (exact) mass is 293 g/mol. The molecule has 0 unspecified atom stereocenters. The molecule has 0 bridgehead atoms. The van der Waals surface area contributed by atoms with Gasteiger partial charge in [-0.05, 0) is 24.1 Å². The number of carbonyl (C=O) groups excluding carboxylic acids is 1. The average Bonchev–Trinajstić information content (AvgIpc) is 2.55. The molecule has 0 atom stereocenters. The minimum atomic E-state index is -0.615. The molecule has 0 aliphatic heterocycles. The molecule has 4 nitrogen and oxygen atoms in total. The maximum atomic E-state index is 12.1. The Morgan fingerprint density at radius 3 is 2.55 bits per heavy atom. The van der Waals surface area contributed by atoms with E-state index in [1.54, 1.807) is 24.3 Å². The molecule has 1 N–H and O–H groups in total. The predicted octanol–water partition coefficient (Wildman–Crippen LogP) is 2.77. The molecule has 110 valence electrons. The minimum Gasteiger partial charge on any atom is -0.422 e. The van der Waals surface area contributed by atoms with Crippen LogP contribution in [0.1, 0.15) is 15.9 Å². The van der Waals surface area contributed by atoms with Gasteiger partial charge in [0.25, 0.3) is 5.91 Å². The number of hydrogen-bond acceptors (Lipinski definition) is 3. The smallest absolute Gasteiger partial charge is 0.349 e. The van der Waals surface area contributed by atoms with E-state index in [1.807, 2.05) is 36.4 Å². The quantitative estimate of drug-likeness (QED) is 0.752. The van der Waals surface area contributed by atoms with Crippen LogP contribution in [0.25, 0.3) is 11.0 Å². The van der Waals surface area contributed by atoms with Gasteiger partial charge in [-0.15, -0.1) is 0 Å². The van der Waals surface area contributed by atoms with Crippen LogP contribution in [0.4, 0.5) is 0 Å². The zero-order valence-electron chi connectivity index (χ0n) is 11.9. The average molecular weight is 293 g/mol. The van der Waals surface area contributed by atoms with E-state index in [2.05, 4.69) is 5.32 Å². The van der Waals surface area contributed by atoms with Gasteiger partial charge in [0.1, 0.15) is 11.1 Å². The molecule has 1 amide bonds. The predicted molar refractivity (Wildman–Crippen MR) is 85.0 cm³/mol. The fraction of sp³-hybridized carbons (Fsp3) is 0.111. The third-order valence-corrected chi connectivity index (χ3v) is 3.43. The van der Waals surface area contributed by atoms with E-state index < -0.39 is 11.5 Å². The zero-order chi connectivity index (χ0) is 15.4. The van der Waals surface area contributed by atoms with Crippen molar-refractivity contribution in [2.24, 2.45) is 0 Å². The molecule has 0 saturated carbocycles. The molecule has 0 aliphatic rings. The van der Waals surface area contributed by atoms with Crippen molar-refractivity contribution in [3.05, 3.63) is 82.2 Å². The number of rotatable bonds is 4. The molecule has 22 heavy (non-hydrogen) atoms. The van der Waals surface area contributed by atoms with Crippen LogP contribution in [0.2, 0.25) is 0 Å². The Morgan fingerprint density at radius 1 is 1.00 bits per heavy atom. The molecule has 3 aromatic rings. The molecule has 4 heteroatoms. The highest BCUT2D eigenvalue weighted by Crippen LogP contribution is 2.12. The molecule has 0 aliphatic carbocycles. The van der Waals surface area contributed by atoms with E-state index in [0.29, 0.717) is 18.5 Å². The number of fused-ring (bicyclic) bond motifs is 1. The largest absolute Gasteiger partial charge is 0.422 e. The molecule has 0 saturated heterocycles. The van der Waals surface area contributed by atoms with E-state index in [1.165, 1.54) is 0 Å². The van der Waals surface area contributed by atoms with Crippen molar-refractivity contribution in [3.63, 3.8) is 0 Å². The molecule has 0 spiro atoms. The summed E-state index contributed by atoms with van der Waals surface area (Å²) in [5.41, 5.74) is 1.03. The number of benzene rings is 2. The van der Waals surface area contributed by atoms with Gasteiger partial charge in [0.2, 0.25) is 0 Å². The van der Waals surface area contributed by atoms with Crippen molar-refractivity contribution < 1.29 is 9.21 Å². The van der Waals surface area contributed by atoms with Crippen LogP contribution in [0.5, 0.6) is 0 Å². The topological polar surface area (TPSA) is 59.3 Å². The molecule has 0 radical (unpaired) electrons. The number of amides is 1. The van der Waals surface area contributed by atoms with Crippen LogP contribution in [0.3, 0.4) is 0 Å². The van der Waals surface area contributed by atoms with Gasteiger partial charge in [-0.25, -0.2) is 4.79 Å². The van der Waals surface area contributed by atoms with Gasteiger partial charge in [-0.2, -0.15) is 0 Å². The first-order valence-electron chi connectivity index (χ1n) is 7.09. The van der Waals surface area contributed by atoms with Gasteiger partial charge in [-0.3, -0.25) is 4.79 Å².